The van der Waals surface area contributed by atoms with Crippen LogP contribution < -0.4 is 4.90 Å². The summed E-state index contributed by atoms with van der Waals surface area (Å²) >= 11 is 0. The van der Waals surface area contributed by atoms with Crippen molar-refractivity contribution in [1.82, 2.24) is 9.97 Å². The first-order chi connectivity index (χ1) is 14.7. The molecule has 0 aliphatic rings. The van der Waals surface area contributed by atoms with Crippen molar-refractivity contribution >= 4 is 28.6 Å². The monoisotopic (exact) mass is 419 g/mol. The lowest BCUT2D eigenvalue weighted by molar-refractivity contribution is 0.0696. The summed E-state index contributed by atoms with van der Waals surface area (Å²) in [7, 11) is 1.45. The van der Waals surface area contributed by atoms with Gasteiger partial charge in [-0.1, -0.05) is 12.1 Å². The summed E-state index contributed by atoms with van der Waals surface area (Å²) in [5.41, 5.74) is 2.83. The summed E-state index contributed by atoms with van der Waals surface area (Å²) in [6, 6.07) is 13.7. The smallest absolute Gasteiger partial charge is 0.335 e. The number of pyridine rings is 1. The number of aromatic nitrogens is 2. The van der Waals surface area contributed by atoms with E-state index in [0.29, 0.717) is 22.3 Å². The van der Waals surface area contributed by atoms with Gasteiger partial charge in [0.1, 0.15) is 5.69 Å². The molecule has 1 amide bonds. The van der Waals surface area contributed by atoms with Crippen molar-refractivity contribution < 1.29 is 30.0 Å². The molecule has 4 rings (SSSR count). The van der Waals surface area contributed by atoms with Crippen molar-refractivity contribution in [2.24, 2.45) is 0 Å². The Morgan fingerprint density at radius 3 is 2.35 bits per heavy atom. The molecule has 31 heavy (non-hydrogen) atoms. The van der Waals surface area contributed by atoms with Gasteiger partial charge in [0.15, 0.2) is 17.2 Å². The second-order valence-electron chi connectivity index (χ2n) is 6.90. The van der Waals surface area contributed by atoms with Crippen molar-refractivity contribution in [2.75, 3.05) is 11.9 Å². The molecule has 2 aromatic carbocycles. The Hall–Kier alpha value is -4.53. The number of carbonyl (C=O) groups excluding carboxylic acids is 1. The summed E-state index contributed by atoms with van der Waals surface area (Å²) in [5.74, 6) is -3.27. The molecular weight excluding hydrogens is 402 g/mol. The molecule has 0 atom stereocenters. The highest BCUT2D eigenvalue weighted by atomic mass is 16.4. The van der Waals surface area contributed by atoms with Crippen molar-refractivity contribution in [2.45, 2.75) is 0 Å². The highest BCUT2D eigenvalue weighted by molar-refractivity contribution is 6.07. The third kappa shape index (κ3) is 3.60. The predicted molar refractivity (Wildman–Crippen MR) is 113 cm³/mol. The number of benzene rings is 2. The minimum atomic E-state index is -1.04. The maximum atomic E-state index is 12.9. The minimum absolute atomic E-state index is 0.145. The van der Waals surface area contributed by atoms with E-state index < -0.39 is 29.1 Å². The van der Waals surface area contributed by atoms with Gasteiger partial charge < -0.3 is 30.3 Å². The van der Waals surface area contributed by atoms with Crippen LogP contribution in [0.25, 0.3) is 22.3 Å². The van der Waals surface area contributed by atoms with Crippen LogP contribution in [0, 0.1) is 0 Å². The van der Waals surface area contributed by atoms with Gasteiger partial charge in [0.05, 0.1) is 28.0 Å². The molecule has 4 aromatic rings. The average molecular weight is 419 g/mol. The Kier molecular flexibility index (Phi) is 4.70. The summed E-state index contributed by atoms with van der Waals surface area (Å²) in [5, 5.41) is 38.0. The zero-order valence-electron chi connectivity index (χ0n) is 16.2. The summed E-state index contributed by atoms with van der Waals surface area (Å²) in [6.07, 6.45) is 0. The van der Waals surface area contributed by atoms with Crippen LogP contribution >= 0.6 is 0 Å². The molecule has 0 unspecified atom stereocenters. The second kappa shape index (κ2) is 7.38. The van der Waals surface area contributed by atoms with Crippen molar-refractivity contribution in [3.05, 3.63) is 65.9 Å². The number of H-pyrrole nitrogens is 1. The number of phenolic OH excluding ortho intramolecular Hbond substituents is 3. The molecule has 0 spiro atoms. The Morgan fingerprint density at radius 2 is 1.68 bits per heavy atom. The first-order valence-corrected chi connectivity index (χ1v) is 9.11. The second-order valence-corrected chi connectivity index (χ2v) is 6.90. The maximum absolute atomic E-state index is 12.9. The molecule has 9 heteroatoms. The van der Waals surface area contributed by atoms with Gasteiger partial charge in [-0.05, 0) is 30.3 Å². The van der Waals surface area contributed by atoms with Crippen LogP contribution in [0.5, 0.6) is 17.2 Å². The minimum Gasteiger partial charge on any atom is -0.504 e. The molecule has 0 saturated carbocycles. The van der Waals surface area contributed by atoms with Gasteiger partial charge in [0.2, 0.25) is 0 Å². The van der Waals surface area contributed by atoms with Crippen LogP contribution in [0.2, 0.25) is 0 Å². The van der Waals surface area contributed by atoms with Gasteiger partial charge in [-0.2, -0.15) is 0 Å². The standard InChI is InChI=1S/C22H17N3O6/c1-25(13-8-18(26)20(28)19(27)9-13)21(29)17-10-16-15(24-17)6-5-14(23-16)11-3-2-4-12(7-11)22(30)31/h2-10,24,26-28H,1H3,(H,30,31). The first kappa shape index (κ1) is 19.8. The van der Waals surface area contributed by atoms with Crippen LogP contribution in [-0.2, 0) is 0 Å². The predicted octanol–water partition coefficient (Wildman–Crippen LogP) is 3.32. The van der Waals surface area contributed by atoms with Crippen LogP contribution in [0.4, 0.5) is 5.69 Å². The number of aromatic amines is 1. The fourth-order valence-electron chi connectivity index (χ4n) is 3.18. The lowest BCUT2D eigenvalue weighted by Crippen LogP contribution is -2.26. The number of carboxylic acid groups (broad SMARTS) is 1. The fraction of sp³-hybridized carbons (Fsp3) is 0.0455. The van der Waals surface area contributed by atoms with Crippen LogP contribution in [-0.4, -0.2) is 49.3 Å². The largest absolute Gasteiger partial charge is 0.504 e. The molecule has 156 valence electrons. The maximum Gasteiger partial charge on any atom is 0.335 e. The van der Waals surface area contributed by atoms with E-state index in [9.17, 15) is 30.0 Å². The molecule has 0 saturated heterocycles. The van der Waals surface area contributed by atoms with Crippen molar-refractivity contribution in [3.63, 3.8) is 0 Å². The highest BCUT2D eigenvalue weighted by Crippen LogP contribution is 2.38. The third-order valence-corrected chi connectivity index (χ3v) is 4.86. The van der Waals surface area contributed by atoms with E-state index in [0.717, 1.165) is 12.1 Å². The Balaban J connectivity index is 1.67. The van der Waals surface area contributed by atoms with Crippen LogP contribution in [0.1, 0.15) is 20.8 Å². The molecular formula is C22H17N3O6. The Morgan fingerprint density at radius 1 is 0.968 bits per heavy atom. The molecule has 9 nitrogen and oxygen atoms in total. The molecule has 0 bridgehead atoms. The normalized spacial score (nSPS) is 10.9. The van der Waals surface area contributed by atoms with Crippen LogP contribution in [0.15, 0.2) is 54.6 Å². The fourth-order valence-corrected chi connectivity index (χ4v) is 3.18. The average Bonchev–Trinajstić information content (AvgIpc) is 3.19. The quantitative estimate of drug-likeness (QED) is 0.319. The van der Waals surface area contributed by atoms with Crippen molar-refractivity contribution in [3.8, 4) is 28.5 Å². The number of hydrogen-bond donors (Lipinski definition) is 5. The summed E-state index contributed by atoms with van der Waals surface area (Å²) in [6.45, 7) is 0. The number of nitrogens with zero attached hydrogens (tertiary/aromatic N) is 2. The molecule has 2 heterocycles. The topological polar surface area (TPSA) is 147 Å². The number of nitrogens with one attached hydrogen (secondary N) is 1. The number of aromatic carboxylic acids is 1. The van der Waals surface area contributed by atoms with Gasteiger partial charge in [-0.15, -0.1) is 0 Å². The van der Waals surface area contributed by atoms with E-state index >= 15 is 0 Å². The zero-order chi connectivity index (χ0) is 22.3. The molecule has 0 aliphatic heterocycles. The molecule has 2 aromatic heterocycles. The zero-order valence-corrected chi connectivity index (χ0v) is 16.2. The van der Waals surface area contributed by atoms with Crippen molar-refractivity contribution in [1.29, 1.82) is 0 Å². The SMILES string of the molecule is CN(C(=O)c1cc2nc(-c3cccc(C(=O)O)c3)ccc2[nH]1)c1cc(O)c(O)c(O)c1. The summed E-state index contributed by atoms with van der Waals surface area (Å²) < 4.78 is 0. The number of hydrogen-bond acceptors (Lipinski definition) is 6. The number of fused-ring (bicyclic) bond motifs is 1. The lowest BCUT2D eigenvalue weighted by Gasteiger charge is -2.17. The number of amides is 1. The first-order valence-electron chi connectivity index (χ1n) is 9.11. The molecule has 0 radical (unpaired) electrons. The van der Waals surface area contributed by atoms with E-state index in [-0.39, 0.29) is 16.9 Å². The molecule has 5 N–H and O–H groups in total. The van der Waals surface area contributed by atoms with E-state index in [4.69, 9.17) is 0 Å². The number of anilines is 1. The van der Waals surface area contributed by atoms with E-state index in [1.54, 1.807) is 30.3 Å². The van der Waals surface area contributed by atoms with Gasteiger partial charge in [0.25, 0.3) is 5.91 Å². The van der Waals surface area contributed by atoms with Gasteiger partial charge in [0, 0.05) is 24.7 Å². The molecule has 0 aliphatic carbocycles. The summed E-state index contributed by atoms with van der Waals surface area (Å²) in [4.78, 5) is 32.8. The third-order valence-electron chi connectivity index (χ3n) is 4.86. The lowest BCUT2D eigenvalue weighted by atomic mass is 10.1. The van der Waals surface area contributed by atoms with Gasteiger partial charge in [-0.25, -0.2) is 9.78 Å². The van der Waals surface area contributed by atoms with E-state index in [2.05, 4.69) is 9.97 Å². The number of aromatic hydroxyl groups is 3. The Labute approximate surface area is 175 Å². The van der Waals surface area contributed by atoms with Crippen LogP contribution in [0.3, 0.4) is 0 Å². The van der Waals surface area contributed by atoms with Gasteiger partial charge in [-0.3, -0.25) is 4.79 Å². The Bertz CT molecular complexity index is 1320. The number of carbonyl (C=O) groups is 2. The highest BCUT2D eigenvalue weighted by Gasteiger charge is 2.19. The van der Waals surface area contributed by atoms with E-state index in [1.165, 1.54) is 24.1 Å². The van der Waals surface area contributed by atoms with Gasteiger partial charge >= 0.3 is 5.97 Å². The number of carboxylic acids is 1. The number of phenols is 3. The number of rotatable bonds is 4. The molecule has 0 fully saturated rings. The van der Waals surface area contributed by atoms with E-state index in [1.807, 2.05) is 0 Å².